The lowest BCUT2D eigenvalue weighted by Gasteiger charge is -2.12. The fourth-order valence-corrected chi connectivity index (χ4v) is 1.14. The Balaban J connectivity index is 2.73. The third-order valence-electron chi connectivity index (χ3n) is 2.00. The van der Waals surface area contributed by atoms with Gasteiger partial charge in [-0.1, -0.05) is 6.08 Å². The van der Waals surface area contributed by atoms with E-state index in [-0.39, 0.29) is 12.0 Å². The minimum atomic E-state index is -1.16. The summed E-state index contributed by atoms with van der Waals surface area (Å²) in [6.07, 6.45) is 2.54. The molecule has 0 bridgehead atoms. The Morgan fingerprint density at radius 3 is 2.76 bits per heavy atom. The molecule has 90 valence electrons. The van der Waals surface area contributed by atoms with Crippen molar-refractivity contribution < 1.29 is 19.1 Å². The molecule has 2 N–H and O–H groups in total. The highest BCUT2D eigenvalue weighted by atomic mass is 19.1. The van der Waals surface area contributed by atoms with Crippen molar-refractivity contribution in [2.45, 2.75) is 12.5 Å². The fourth-order valence-electron chi connectivity index (χ4n) is 1.14. The van der Waals surface area contributed by atoms with Crippen LogP contribution in [0.2, 0.25) is 0 Å². The van der Waals surface area contributed by atoms with Crippen LogP contribution in [0.5, 0.6) is 0 Å². The number of hydrogen-bond acceptors (Lipinski definition) is 3. The van der Waals surface area contributed by atoms with Gasteiger partial charge in [0.1, 0.15) is 6.04 Å². The van der Waals surface area contributed by atoms with Crippen molar-refractivity contribution >= 4 is 11.9 Å². The molecule has 0 radical (unpaired) electrons. The number of pyridine rings is 1. The van der Waals surface area contributed by atoms with Gasteiger partial charge in [0.15, 0.2) is 0 Å². The van der Waals surface area contributed by atoms with Gasteiger partial charge in [0.2, 0.25) is 5.95 Å². The maximum atomic E-state index is 12.5. The van der Waals surface area contributed by atoms with Gasteiger partial charge in [0.25, 0.3) is 5.91 Å². The summed E-state index contributed by atoms with van der Waals surface area (Å²) in [5.74, 6) is -2.48. The van der Waals surface area contributed by atoms with Gasteiger partial charge in [-0.3, -0.25) is 4.79 Å². The van der Waals surface area contributed by atoms with E-state index in [0.29, 0.717) is 0 Å². The van der Waals surface area contributed by atoms with E-state index in [0.717, 1.165) is 12.3 Å². The summed E-state index contributed by atoms with van der Waals surface area (Å²) in [4.78, 5) is 25.6. The molecule has 0 aliphatic rings. The van der Waals surface area contributed by atoms with E-state index in [1.807, 2.05) is 0 Å². The Labute approximate surface area is 97.0 Å². The van der Waals surface area contributed by atoms with E-state index in [2.05, 4.69) is 16.9 Å². The number of rotatable bonds is 5. The zero-order valence-electron chi connectivity index (χ0n) is 8.89. The number of carboxylic acid groups (broad SMARTS) is 1. The molecule has 1 unspecified atom stereocenters. The zero-order valence-corrected chi connectivity index (χ0v) is 8.89. The van der Waals surface area contributed by atoms with Crippen LogP contribution in [0.3, 0.4) is 0 Å². The van der Waals surface area contributed by atoms with Crippen LogP contribution in [0, 0.1) is 5.95 Å². The number of carbonyl (C=O) groups is 2. The average molecular weight is 238 g/mol. The Morgan fingerprint density at radius 1 is 1.59 bits per heavy atom. The smallest absolute Gasteiger partial charge is 0.326 e. The predicted octanol–water partition coefficient (Wildman–Crippen LogP) is 0.980. The first-order valence-corrected chi connectivity index (χ1v) is 4.80. The molecule has 1 amide bonds. The number of nitrogens with zero attached hydrogens (tertiary/aromatic N) is 1. The van der Waals surface area contributed by atoms with Gasteiger partial charge < -0.3 is 10.4 Å². The van der Waals surface area contributed by atoms with Crippen LogP contribution < -0.4 is 5.32 Å². The minimum Gasteiger partial charge on any atom is -0.480 e. The van der Waals surface area contributed by atoms with E-state index >= 15 is 0 Å². The highest BCUT2D eigenvalue weighted by molar-refractivity contribution is 5.96. The Hall–Kier alpha value is -2.24. The lowest BCUT2D eigenvalue weighted by atomic mass is 10.2. The molecule has 1 heterocycles. The van der Waals surface area contributed by atoms with Crippen molar-refractivity contribution in [2.75, 3.05) is 0 Å². The van der Waals surface area contributed by atoms with E-state index in [4.69, 9.17) is 5.11 Å². The normalized spacial score (nSPS) is 11.6. The van der Waals surface area contributed by atoms with Gasteiger partial charge in [-0.2, -0.15) is 4.39 Å². The van der Waals surface area contributed by atoms with Crippen molar-refractivity contribution in [1.29, 1.82) is 0 Å². The molecular formula is C11H11FN2O3. The number of carbonyl (C=O) groups excluding carboxylic acids is 1. The first kappa shape index (κ1) is 12.8. The number of hydrogen-bond donors (Lipinski definition) is 2. The summed E-state index contributed by atoms with van der Waals surface area (Å²) >= 11 is 0. The third-order valence-corrected chi connectivity index (χ3v) is 2.00. The van der Waals surface area contributed by atoms with Gasteiger partial charge in [0, 0.05) is 6.20 Å². The van der Waals surface area contributed by atoms with Crippen molar-refractivity contribution in [1.82, 2.24) is 10.3 Å². The molecule has 0 aromatic carbocycles. The zero-order chi connectivity index (χ0) is 12.8. The predicted molar refractivity (Wildman–Crippen MR) is 57.9 cm³/mol. The number of aliphatic carboxylic acids is 1. The first-order chi connectivity index (χ1) is 8.04. The van der Waals surface area contributed by atoms with Crippen LogP contribution in [0.4, 0.5) is 4.39 Å². The van der Waals surface area contributed by atoms with E-state index in [1.165, 1.54) is 12.1 Å². The molecule has 17 heavy (non-hydrogen) atoms. The largest absolute Gasteiger partial charge is 0.480 e. The van der Waals surface area contributed by atoms with Crippen molar-refractivity contribution in [3.05, 3.63) is 42.5 Å². The van der Waals surface area contributed by atoms with Gasteiger partial charge in [0.05, 0.1) is 5.56 Å². The molecule has 1 aromatic heterocycles. The molecular weight excluding hydrogens is 227 g/mol. The van der Waals surface area contributed by atoms with Crippen LogP contribution >= 0.6 is 0 Å². The Morgan fingerprint density at radius 2 is 2.29 bits per heavy atom. The number of carboxylic acids is 1. The number of halogens is 1. The maximum absolute atomic E-state index is 12.5. The fraction of sp³-hybridized carbons (Fsp3) is 0.182. The van der Waals surface area contributed by atoms with Gasteiger partial charge in [-0.25, -0.2) is 9.78 Å². The molecule has 1 atom stereocenters. The molecule has 1 rings (SSSR count). The highest BCUT2D eigenvalue weighted by Crippen LogP contribution is 2.01. The third kappa shape index (κ3) is 3.67. The Kier molecular flexibility index (Phi) is 4.33. The summed E-state index contributed by atoms with van der Waals surface area (Å²) in [7, 11) is 0. The van der Waals surface area contributed by atoms with E-state index in [1.54, 1.807) is 0 Å². The molecule has 1 aromatic rings. The minimum absolute atomic E-state index is 0.0988. The Bertz CT molecular complexity index is 431. The van der Waals surface area contributed by atoms with Crippen LogP contribution in [-0.4, -0.2) is 28.0 Å². The van der Waals surface area contributed by atoms with Crippen molar-refractivity contribution in [3.8, 4) is 0 Å². The summed E-state index contributed by atoms with van der Waals surface area (Å²) in [6, 6.07) is 1.20. The summed E-state index contributed by atoms with van der Waals surface area (Å²) in [5.41, 5.74) is 0.0988. The van der Waals surface area contributed by atoms with E-state index in [9.17, 15) is 14.0 Å². The van der Waals surface area contributed by atoms with Gasteiger partial charge >= 0.3 is 5.97 Å². The molecule has 6 heteroatoms. The lowest BCUT2D eigenvalue weighted by Crippen LogP contribution is -2.40. The van der Waals surface area contributed by atoms with Crippen LogP contribution in [0.15, 0.2) is 31.0 Å². The first-order valence-electron chi connectivity index (χ1n) is 4.80. The SMILES string of the molecule is C=CCC(NC(=O)c1ccc(F)nc1)C(=O)O. The van der Waals surface area contributed by atoms with Gasteiger partial charge in [-0.05, 0) is 18.6 Å². The van der Waals surface area contributed by atoms with Crippen LogP contribution in [0.1, 0.15) is 16.8 Å². The van der Waals surface area contributed by atoms with Crippen molar-refractivity contribution in [3.63, 3.8) is 0 Å². The maximum Gasteiger partial charge on any atom is 0.326 e. The average Bonchev–Trinajstić information content (AvgIpc) is 2.29. The molecule has 0 saturated carbocycles. The second-order valence-electron chi connectivity index (χ2n) is 3.26. The molecule has 0 spiro atoms. The standard InChI is InChI=1S/C11H11FN2O3/c1-2-3-8(11(16)17)14-10(15)7-4-5-9(12)13-6-7/h2,4-6,8H,1,3H2,(H,14,15)(H,16,17). The summed E-state index contributed by atoms with van der Waals surface area (Å²) in [6.45, 7) is 3.40. The number of aromatic nitrogens is 1. The molecule has 0 aliphatic carbocycles. The lowest BCUT2D eigenvalue weighted by molar-refractivity contribution is -0.139. The topological polar surface area (TPSA) is 79.3 Å². The number of amides is 1. The molecule has 0 saturated heterocycles. The molecule has 0 aliphatic heterocycles. The van der Waals surface area contributed by atoms with Crippen molar-refractivity contribution in [2.24, 2.45) is 0 Å². The second-order valence-corrected chi connectivity index (χ2v) is 3.26. The monoisotopic (exact) mass is 238 g/mol. The highest BCUT2D eigenvalue weighted by Gasteiger charge is 2.19. The molecule has 5 nitrogen and oxygen atoms in total. The quantitative estimate of drug-likeness (QED) is 0.592. The van der Waals surface area contributed by atoms with Gasteiger partial charge in [-0.15, -0.1) is 6.58 Å². The second kappa shape index (κ2) is 5.74. The number of nitrogens with one attached hydrogen (secondary N) is 1. The summed E-state index contributed by atoms with van der Waals surface area (Å²) < 4.78 is 12.5. The summed E-state index contributed by atoms with van der Waals surface area (Å²) in [5, 5.41) is 11.1. The van der Waals surface area contributed by atoms with E-state index < -0.39 is 23.9 Å². The van der Waals surface area contributed by atoms with Crippen LogP contribution in [-0.2, 0) is 4.79 Å². The molecule has 0 fully saturated rings. The van der Waals surface area contributed by atoms with Crippen LogP contribution in [0.25, 0.3) is 0 Å².